The largest absolute Gasteiger partial charge is 0.482 e. The van der Waals surface area contributed by atoms with Crippen LogP contribution in [0.1, 0.15) is 46.1 Å². The molecular weight excluding hydrogens is 374 g/mol. The smallest absolute Gasteiger partial charge is 0.341 e. The maximum absolute atomic E-state index is 12.8. The summed E-state index contributed by atoms with van der Waals surface area (Å²) in [7, 11) is 0. The zero-order chi connectivity index (χ0) is 20.4. The number of nitrogens with zero attached hydrogens (tertiary/aromatic N) is 2. The minimum absolute atomic E-state index is 0.174. The van der Waals surface area contributed by atoms with Crippen LogP contribution in [0.25, 0.3) is 11.1 Å². The van der Waals surface area contributed by atoms with Crippen LogP contribution in [0.15, 0.2) is 34.9 Å². The second-order valence-electron chi connectivity index (χ2n) is 7.15. The Morgan fingerprint density at radius 3 is 2.72 bits per heavy atom. The molecule has 4 rings (SSSR count). The summed E-state index contributed by atoms with van der Waals surface area (Å²) in [5, 5.41) is 16.2. The molecule has 2 aromatic heterocycles. The van der Waals surface area contributed by atoms with Gasteiger partial charge in [-0.15, -0.1) is 0 Å². The molecular formula is C21H21N3O5. The Kier molecular flexibility index (Phi) is 5.16. The van der Waals surface area contributed by atoms with Gasteiger partial charge in [-0.3, -0.25) is 4.79 Å². The zero-order valence-electron chi connectivity index (χ0n) is 16.0. The van der Waals surface area contributed by atoms with E-state index in [-0.39, 0.29) is 12.5 Å². The quantitative estimate of drug-likeness (QED) is 0.603. The number of aromatic nitrogens is 2. The first-order chi connectivity index (χ1) is 14.0. The molecule has 29 heavy (non-hydrogen) atoms. The molecule has 1 saturated carbocycles. The number of carbonyl (C=O) groups excluding carboxylic acids is 1. The summed E-state index contributed by atoms with van der Waals surface area (Å²) in [4.78, 5) is 27.8. The summed E-state index contributed by atoms with van der Waals surface area (Å²) >= 11 is 0. The lowest BCUT2D eigenvalue weighted by Gasteiger charge is -2.09. The number of fused-ring (bicyclic) bond motifs is 1. The van der Waals surface area contributed by atoms with Crippen LogP contribution in [0.2, 0.25) is 0 Å². The molecule has 150 valence electrons. The highest BCUT2D eigenvalue weighted by molar-refractivity contribution is 6.06. The lowest BCUT2D eigenvalue weighted by atomic mass is 10.1. The average Bonchev–Trinajstić information content (AvgIpc) is 3.50. The third kappa shape index (κ3) is 4.37. The fourth-order valence-electron chi connectivity index (χ4n) is 3.19. The summed E-state index contributed by atoms with van der Waals surface area (Å²) in [6.45, 7) is 1.89. The number of aliphatic carboxylic acids is 1. The molecule has 0 saturated heterocycles. The van der Waals surface area contributed by atoms with Crippen molar-refractivity contribution in [2.24, 2.45) is 0 Å². The number of benzene rings is 1. The van der Waals surface area contributed by atoms with Gasteiger partial charge in [-0.05, 0) is 49.9 Å². The molecule has 1 aliphatic rings. The van der Waals surface area contributed by atoms with Gasteiger partial charge in [0.1, 0.15) is 5.75 Å². The number of amides is 1. The Morgan fingerprint density at radius 2 is 2.03 bits per heavy atom. The van der Waals surface area contributed by atoms with Gasteiger partial charge in [-0.2, -0.15) is 0 Å². The molecule has 8 nitrogen and oxygen atoms in total. The van der Waals surface area contributed by atoms with Crippen LogP contribution in [-0.2, 0) is 11.2 Å². The highest BCUT2D eigenvalue weighted by Crippen LogP contribution is 2.40. The Bertz CT molecular complexity index is 1050. The summed E-state index contributed by atoms with van der Waals surface area (Å²) in [5.41, 5.74) is 3.50. The van der Waals surface area contributed by atoms with E-state index in [2.05, 4.69) is 15.5 Å². The molecule has 1 amide bonds. The first-order valence-corrected chi connectivity index (χ1v) is 9.50. The van der Waals surface area contributed by atoms with E-state index in [0.717, 1.165) is 24.1 Å². The molecule has 1 aromatic carbocycles. The summed E-state index contributed by atoms with van der Waals surface area (Å²) < 4.78 is 10.4. The number of hydrogen-bond acceptors (Lipinski definition) is 6. The molecule has 2 heterocycles. The van der Waals surface area contributed by atoms with Crippen LogP contribution in [0.5, 0.6) is 5.75 Å². The van der Waals surface area contributed by atoms with Gasteiger partial charge in [-0.1, -0.05) is 17.3 Å². The van der Waals surface area contributed by atoms with E-state index >= 15 is 0 Å². The number of nitrogens with one attached hydrogen (secondary N) is 1. The molecule has 0 spiro atoms. The summed E-state index contributed by atoms with van der Waals surface area (Å²) in [5.74, 6) is -0.296. The third-order valence-electron chi connectivity index (χ3n) is 4.86. The maximum atomic E-state index is 12.8. The lowest BCUT2D eigenvalue weighted by Crippen LogP contribution is -2.26. The van der Waals surface area contributed by atoms with Crippen LogP contribution in [-0.4, -0.2) is 40.3 Å². The van der Waals surface area contributed by atoms with Gasteiger partial charge < -0.3 is 19.7 Å². The number of carboxylic acids is 1. The fourth-order valence-corrected chi connectivity index (χ4v) is 3.19. The van der Waals surface area contributed by atoms with E-state index < -0.39 is 5.97 Å². The van der Waals surface area contributed by atoms with Crippen molar-refractivity contribution < 1.29 is 24.0 Å². The van der Waals surface area contributed by atoms with E-state index in [1.165, 1.54) is 0 Å². The number of carbonyl (C=O) groups is 2. The molecule has 1 fully saturated rings. The molecule has 1 aliphatic carbocycles. The number of pyridine rings is 1. The predicted molar refractivity (Wildman–Crippen MR) is 104 cm³/mol. The molecule has 0 atom stereocenters. The van der Waals surface area contributed by atoms with Gasteiger partial charge in [0, 0.05) is 18.2 Å². The van der Waals surface area contributed by atoms with Gasteiger partial charge in [0.2, 0.25) is 0 Å². The van der Waals surface area contributed by atoms with Crippen LogP contribution >= 0.6 is 0 Å². The molecule has 0 aliphatic heterocycles. The number of hydrogen-bond donors (Lipinski definition) is 2. The first-order valence-electron chi connectivity index (χ1n) is 9.50. The Labute approximate surface area is 166 Å². The van der Waals surface area contributed by atoms with E-state index in [4.69, 9.17) is 14.4 Å². The minimum Gasteiger partial charge on any atom is -0.482 e. The van der Waals surface area contributed by atoms with Crippen LogP contribution in [0.3, 0.4) is 0 Å². The van der Waals surface area contributed by atoms with Crippen molar-refractivity contribution in [3.63, 3.8) is 0 Å². The van der Waals surface area contributed by atoms with Crippen molar-refractivity contribution in [1.82, 2.24) is 15.5 Å². The number of rotatable bonds is 8. The van der Waals surface area contributed by atoms with Gasteiger partial charge >= 0.3 is 5.97 Å². The molecule has 0 unspecified atom stereocenters. The lowest BCUT2D eigenvalue weighted by molar-refractivity contribution is -0.139. The number of carboxylic acid groups (broad SMARTS) is 1. The zero-order valence-corrected chi connectivity index (χ0v) is 16.0. The van der Waals surface area contributed by atoms with Crippen LogP contribution in [0, 0.1) is 6.92 Å². The average molecular weight is 395 g/mol. The van der Waals surface area contributed by atoms with Crippen LogP contribution in [0.4, 0.5) is 0 Å². The molecule has 0 radical (unpaired) electrons. The van der Waals surface area contributed by atoms with Crippen LogP contribution < -0.4 is 10.1 Å². The Morgan fingerprint density at radius 1 is 1.28 bits per heavy atom. The second-order valence-corrected chi connectivity index (χ2v) is 7.15. The summed E-state index contributed by atoms with van der Waals surface area (Å²) in [6.07, 6.45) is 2.80. The standard InChI is InChI=1S/C21H21N3O5/c1-12-19-16(10-17(14-4-5-14)23-21(19)29-24-12)20(27)22-9-8-13-2-6-15(7-3-13)28-11-18(25)26/h2-3,6-7,10,14H,4-5,8-9,11H2,1H3,(H,22,27)(H,25,26). The normalized spacial score (nSPS) is 13.4. The molecule has 2 N–H and O–H groups in total. The van der Waals surface area contributed by atoms with Gasteiger partial charge in [0.05, 0.1) is 16.6 Å². The van der Waals surface area contributed by atoms with Crippen molar-refractivity contribution >= 4 is 23.0 Å². The van der Waals surface area contributed by atoms with Crippen molar-refractivity contribution in [3.05, 3.63) is 52.8 Å². The second kappa shape index (κ2) is 7.90. The summed E-state index contributed by atoms with van der Waals surface area (Å²) in [6, 6.07) is 8.99. The Balaban J connectivity index is 1.40. The first kappa shape index (κ1) is 18.9. The highest BCUT2D eigenvalue weighted by atomic mass is 16.5. The van der Waals surface area contributed by atoms with Gasteiger partial charge in [-0.25, -0.2) is 9.78 Å². The van der Waals surface area contributed by atoms with Crippen molar-refractivity contribution in [2.45, 2.75) is 32.1 Å². The maximum Gasteiger partial charge on any atom is 0.341 e. The molecule has 3 aromatic rings. The predicted octanol–water partition coefficient (Wildman–Crippen LogP) is 2.84. The van der Waals surface area contributed by atoms with E-state index in [1.54, 1.807) is 19.1 Å². The van der Waals surface area contributed by atoms with Gasteiger partial charge in [0.25, 0.3) is 11.6 Å². The SMILES string of the molecule is Cc1noc2nc(C3CC3)cc(C(=O)NCCc3ccc(OCC(=O)O)cc3)c12. The van der Waals surface area contributed by atoms with Crippen molar-refractivity contribution in [3.8, 4) is 5.75 Å². The van der Waals surface area contributed by atoms with Crippen molar-refractivity contribution in [2.75, 3.05) is 13.2 Å². The third-order valence-corrected chi connectivity index (χ3v) is 4.86. The van der Waals surface area contributed by atoms with E-state index in [0.29, 0.717) is 47.0 Å². The number of ether oxygens (including phenoxy) is 1. The van der Waals surface area contributed by atoms with E-state index in [9.17, 15) is 9.59 Å². The van der Waals surface area contributed by atoms with E-state index in [1.807, 2.05) is 18.2 Å². The topological polar surface area (TPSA) is 115 Å². The minimum atomic E-state index is -1.02. The monoisotopic (exact) mass is 395 g/mol. The molecule has 0 bridgehead atoms. The Hall–Kier alpha value is -3.42. The fraction of sp³-hybridized carbons (Fsp3) is 0.333. The van der Waals surface area contributed by atoms with Gasteiger partial charge in [0.15, 0.2) is 6.61 Å². The number of aryl methyl sites for hydroxylation is 1. The molecule has 8 heteroatoms. The highest BCUT2D eigenvalue weighted by Gasteiger charge is 2.28. The van der Waals surface area contributed by atoms with Crippen molar-refractivity contribution in [1.29, 1.82) is 0 Å².